The molecule has 0 saturated carbocycles. The zero-order chi connectivity index (χ0) is 22.3. The number of rotatable bonds is 9. The summed E-state index contributed by atoms with van der Waals surface area (Å²) in [4.78, 5) is 12.2. The largest absolute Gasteiger partial charge is 0.496 e. The molecule has 2 heterocycles. The van der Waals surface area contributed by atoms with E-state index in [9.17, 15) is 9.18 Å². The number of aryl methyl sites for hydroxylation is 1. The van der Waals surface area contributed by atoms with Gasteiger partial charge in [0.15, 0.2) is 0 Å². The van der Waals surface area contributed by atoms with Crippen molar-refractivity contribution in [1.29, 1.82) is 0 Å². The van der Waals surface area contributed by atoms with Crippen LogP contribution in [0.2, 0.25) is 0 Å². The number of hydrogen-bond donors (Lipinski definition) is 3. The molecule has 0 spiro atoms. The van der Waals surface area contributed by atoms with Crippen LogP contribution < -0.4 is 15.4 Å². The van der Waals surface area contributed by atoms with Gasteiger partial charge in [-0.1, -0.05) is 12.1 Å². The maximum atomic E-state index is 14.2. The van der Waals surface area contributed by atoms with E-state index < -0.39 is 5.82 Å². The fourth-order valence-electron chi connectivity index (χ4n) is 3.32. The topological polar surface area (TPSA) is 92.2 Å². The highest BCUT2D eigenvalue weighted by molar-refractivity contribution is 5.91. The Balaban J connectivity index is 1.39. The van der Waals surface area contributed by atoms with Gasteiger partial charge in [0.2, 0.25) is 5.91 Å². The summed E-state index contributed by atoms with van der Waals surface area (Å²) >= 11 is 0. The zero-order valence-electron chi connectivity index (χ0n) is 17.5. The van der Waals surface area contributed by atoms with Crippen LogP contribution in [0, 0.1) is 5.82 Å². The molecule has 8 heteroatoms. The van der Waals surface area contributed by atoms with Gasteiger partial charge in [0, 0.05) is 42.4 Å². The SMILES string of the molecule is COc1cc(CNc2ccc(F)c(NC(=O)CCc3ccco3)c2)ccc1-c1cn[nH]c1. The smallest absolute Gasteiger partial charge is 0.224 e. The molecule has 0 fully saturated rings. The summed E-state index contributed by atoms with van der Waals surface area (Å²) in [5, 5.41) is 12.7. The molecule has 2 aromatic heterocycles. The van der Waals surface area contributed by atoms with Gasteiger partial charge in [-0.2, -0.15) is 5.10 Å². The maximum absolute atomic E-state index is 14.2. The molecule has 2 aromatic carbocycles. The number of benzene rings is 2. The zero-order valence-corrected chi connectivity index (χ0v) is 17.5. The van der Waals surface area contributed by atoms with E-state index in [4.69, 9.17) is 9.15 Å². The van der Waals surface area contributed by atoms with E-state index in [0.717, 1.165) is 22.4 Å². The molecular formula is C24H23FN4O3. The summed E-state index contributed by atoms with van der Waals surface area (Å²) < 4.78 is 24.9. The van der Waals surface area contributed by atoms with Crippen molar-refractivity contribution in [2.24, 2.45) is 0 Å². The summed E-state index contributed by atoms with van der Waals surface area (Å²) in [6.07, 6.45) is 5.75. The summed E-state index contributed by atoms with van der Waals surface area (Å²) in [5.74, 6) is 0.671. The third-order valence-corrected chi connectivity index (χ3v) is 4.99. The fourth-order valence-corrected chi connectivity index (χ4v) is 3.32. The number of amides is 1. The first kappa shape index (κ1) is 21.2. The van der Waals surface area contributed by atoms with E-state index in [1.807, 2.05) is 18.2 Å². The Morgan fingerprint density at radius 1 is 1.22 bits per heavy atom. The lowest BCUT2D eigenvalue weighted by molar-refractivity contribution is -0.116. The fraction of sp³-hybridized carbons (Fsp3) is 0.167. The molecule has 0 aliphatic heterocycles. The van der Waals surface area contributed by atoms with Gasteiger partial charge >= 0.3 is 0 Å². The van der Waals surface area contributed by atoms with Crippen molar-refractivity contribution in [2.45, 2.75) is 19.4 Å². The standard InChI is InChI=1S/C24H23FN4O3/c1-31-23-11-16(4-7-20(23)17-14-27-28-15-17)13-26-18-5-8-21(25)22(12-18)29-24(30)9-6-19-3-2-10-32-19/h2-5,7-8,10-12,14-15,26H,6,9,13H2,1H3,(H,27,28)(H,29,30). The third-order valence-electron chi connectivity index (χ3n) is 4.99. The molecule has 4 aromatic rings. The number of methoxy groups -OCH3 is 1. The van der Waals surface area contributed by atoms with Crippen LogP contribution in [0.15, 0.2) is 71.6 Å². The Bertz CT molecular complexity index is 1170. The highest BCUT2D eigenvalue weighted by Gasteiger charge is 2.11. The minimum absolute atomic E-state index is 0.132. The van der Waals surface area contributed by atoms with Crippen LogP contribution in [0.3, 0.4) is 0 Å². The van der Waals surface area contributed by atoms with E-state index in [1.165, 1.54) is 6.07 Å². The maximum Gasteiger partial charge on any atom is 0.224 e. The van der Waals surface area contributed by atoms with Gasteiger partial charge in [-0.15, -0.1) is 0 Å². The number of carbonyl (C=O) groups is 1. The Morgan fingerprint density at radius 3 is 2.88 bits per heavy atom. The van der Waals surface area contributed by atoms with Crippen molar-refractivity contribution in [2.75, 3.05) is 17.7 Å². The Hall–Kier alpha value is -4.07. The lowest BCUT2D eigenvalue weighted by Crippen LogP contribution is -2.13. The van der Waals surface area contributed by atoms with Crippen molar-refractivity contribution in [3.8, 4) is 16.9 Å². The summed E-state index contributed by atoms with van der Waals surface area (Å²) in [6.45, 7) is 0.500. The predicted octanol–water partition coefficient (Wildman–Crippen LogP) is 5.00. The molecule has 1 amide bonds. The first-order valence-corrected chi connectivity index (χ1v) is 10.1. The highest BCUT2D eigenvalue weighted by atomic mass is 19.1. The van der Waals surface area contributed by atoms with Crippen LogP contribution in [0.4, 0.5) is 15.8 Å². The number of ether oxygens (including phenoxy) is 1. The molecule has 0 unspecified atom stereocenters. The lowest BCUT2D eigenvalue weighted by Gasteiger charge is -2.13. The summed E-state index contributed by atoms with van der Waals surface area (Å²) in [7, 11) is 1.62. The van der Waals surface area contributed by atoms with Crippen molar-refractivity contribution in [3.05, 3.63) is 84.3 Å². The number of carbonyl (C=O) groups excluding carboxylic acids is 1. The molecule has 0 atom stereocenters. The molecule has 0 aliphatic rings. The third kappa shape index (κ3) is 5.15. The van der Waals surface area contributed by atoms with Crippen LogP contribution >= 0.6 is 0 Å². The summed E-state index contributed by atoms with van der Waals surface area (Å²) in [5.41, 5.74) is 3.68. The van der Waals surface area contributed by atoms with Crippen LogP contribution in [-0.2, 0) is 17.8 Å². The Labute approximate surface area is 184 Å². The number of aromatic nitrogens is 2. The second-order valence-corrected chi connectivity index (χ2v) is 7.20. The van der Waals surface area contributed by atoms with E-state index in [0.29, 0.717) is 24.4 Å². The molecule has 7 nitrogen and oxygen atoms in total. The van der Waals surface area contributed by atoms with Gasteiger partial charge in [0.05, 0.1) is 25.3 Å². The summed E-state index contributed by atoms with van der Waals surface area (Å²) in [6, 6.07) is 14.0. The predicted molar refractivity (Wildman–Crippen MR) is 120 cm³/mol. The average molecular weight is 434 g/mol. The minimum atomic E-state index is -0.493. The molecule has 0 aliphatic carbocycles. The van der Waals surface area contributed by atoms with Gasteiger partial charge in [0.25, 0.3) is 0 Å². The monoisotopic (exact) mass is 434 g/mol. The van der Waals surface area contributed by atoms with Gasteiger partial charge in [-0.25, -0.2) is 4.39 Å². The lowest BCUT2D eigenvalue weighted by atomic mass is 10.1. The second kappa shape index (κ2) is 9.82. The first-order chi connectivity index (χ1) is 15.6. The number of H-pyrrole nitrogens is 1. The number of aromatic amines is 1. The van der Waals surface area contributed by atoms with Crippen LogP contribution in [-0.4, -0.2) is 23.2 Å². The van der Waals surface area contributed by atoms with E-state index >= 15 is 0 Å². The van der Waals surface area contributed by atoms with Crippen molar-refractivity contribution < 1.29 is 18.3 Å². The molecule has 0 radical (unpaired) electrons. The number of anilines is 2. The number of hydrogen-bond acceptors (Lipinski definition) is 5. The molecule has 3 N–H and O–H groups in total. The molecule has 32 heavy (non-hydrogen) atoms. The van der Waals surface area contributed by atoms with Gasteiger partial charge in [-0.3, -0.25) is 9.89 Å². The molecular weight excluding hydrogens is 411 g/mol. The van der Waals surface area contributed by atoms with Gasteiger partial charge in [-0.05, 0) is 42.0 Å². The number of nitrogens with zero attached hydrogens (tertiary/aromatic N) is 1. The van der Waals surface area contributed by atoms with Crippen molar-refractivity contribution >= 4 is 17.3 Å². The number of nitrogens with one attached hydrogen (secondary N) is 3. The Morgan fingerprint density at radius 2 is 2.12 bits per heavy atom. The van der Waals surface area contributed by atoms with Gasteiger partial charge < -0.3 is 19.8 Å². The first-order valence-electron chi connectivity index (χ1n) is 10.1. The molecule has 0 saturated heterocycles. The van der Waals surface area contributed by atoms with Crippen LogP contribution in [0.5, 0.6) is 5.75 Å². The quantitative estimate of drug-likeness (QED) is 0.345. The van der Waals surface area contributed by atoms with Crippen molar-refractivity contribution in [1.82, 2.24) is 10.2 Å². The van der Waals surface area contributed by atoms with E-state index in [-0.39, 0.29) is 18.0 Å². The highest BCUT2D eigenvalue weighted by Crippen LogP contribution is 2.30. The van der Waals surface area contributed by atoms with Gasteiger partial charge in [0.1, 0.15) is 17.3 Å². The Kier molecular flexibility index (Phi) is 6.50. The van der Waals surface area contributed by atoms with E-state index in [1.54, 1.807) is 50.0 Å². The second-order valence-electron chi connectivity index (χ2n) is 7.20. The average Bonchev–Trinajstić information content (AvgIpc) is 3.52. The molecule has 164 valence electrons. The van der Waals surface area contributed by atoms with E-state index in [2.05, 4.69) is 20.8 Å². The van der Waals surface area contributed by atoms with Crippen LogP contribution in [0.25, 0.3) is 11.1 Å². The minimum Gasteiger partial charge on any atom is -0.496 e. The van der Waals surface area contributed by atoms with Crippen LogP contribution in [0.1, 0.15) is 17.7 Å². The normalized spacial score (nSPS) is 10.7. The number of furan rings is 1. The molecule has 0 bridgehead atoms. The molecule has 4 rings (SSSR count). The number of halogens is 1. The van der Waals surface area contributed by atoms with Crippen molar-refractivity contribution in [3.63, 3.8) is 0 Å².